The van der Waals surface area contributed by atoms with Crippen LogP contribution < -0.4 is 10.6 Å². The standard InChI is InChI=1S/C21H34N2O4/c1-15(13-16-11-9-8-10-12-16)22-18(24)17(14-26-20(2,3)4)23-19(25)27-21(5,6)7/h8-12,15,17H,13-14H2,1-7H3,(H,22,24)(H,23,25)/t15-,17-/m0/s1. The highest BCUT2D eigenvalue weighted by molar-refractivity contribution is 5.86. The van der Waals surface area contributed by atoms with E-state index in [0.29, 0.717) is 6.42 Å². The average molecular weight is 379 g/mol. The Balaban J connectivity index is 2.71. The third-order valence-corrected chi connectivity index (χ3v) is 3.46. The van der Waals surface area contributed by atoms with Crippen molar-refractivity contribution in [3.05, 3.63) is 35.9 Å². The molecular weight excluding hydrogens is 344 g/mol. The maximum Gasteiger partial charge on any atom is 0.408 e. The largest absolute Gasteiger partial charge is 0.444 e. The summed E-state index contributed by atoms with van der Waals surface area (Å²) in [5.74, 6) is -0.298. The van der Waals surface area contributed by atoms with Crippen molar-refractivity contribution < 1.29 is 19.1 Å². The third kappa shape index (κ3) is 10.6. The van der Waals surface area contributed by atoms with E-state index in [9.17, 15) is 9.59 Å². The molecule has 0 aromatic heterocycles. The Morgan fingerprint density at radius 2 is 1.56 bits per heavy atom. The molecule has 0 saturated heterocycles. The Bertz CT molecular complexity index is 603. The highest BCUT2D eigenvalue weighted by Crippen LogP contribution is 2.10. The van der Waals surface area contributed by atoms with Crippen LogP contribution in [0.3, 0.4) is 0 Å². The number of nitrogens with one attached hydrogen (secondary N) is 2. The van der Waals surface area contributed by atoms with Crippen molar-refractivity contribution in [3.8, 4) is 0 Å². The van der Waals surface area contributed by atoms with Gasteiger partial charge in [-0.2, -0.15) is 0 Å². The van der Waals surface area contributed by atoms with Crippen LogP contribution in [0, 0.1) is 0 Å². The van der Waals surface area contributed by atoms with Crippen LogP contribution in [0.5, 0.6) is 0 Å². The molecule has 1 rings (SSSR count). The van der Waals surface area contributed by atoms with Crippen molar-refractivity contribution in [2.75, 3.05) is 6.61 Å². The second-order valence-corrected chi connectivity index (χ2v) is 8.72. The number of hydrogen-bond donors (Lipinski definition) is 2. The SMILES string of the molecule is C[C@@H](Cc1ccccc1)NC(=O)[C@H](COC(C)(C)C)NC(=O)OC(C)(C)C. The lowest BCUT2D eigenvalue weighted by Gasteiger charge is -2.27. The van der Waals surface area contributed by atoms with Crippen molar-refractivity contribution in [2.45, 2.75) is 78.2 Å². The van der Waals surface area contributed by atoms with Gasteiger partial charge in [0.25, 0.3) is 0 Å². The molecule has 0 heterocycles. The van der Waals surface area contributed by atoms with Gasteiger partial charge in [-0.05, 0) is 60.5 Å². The van der Waals surface area contributed by atoms with Gasteiger partial charge in [0.05, 0.1) is 12.2 Å². The second kappa shape index (κ2) is 9.74. The fourth-order valence-electron chi connectivity index (χ4n) is 2.33. The van der Waals surface area contributed by atoms with Crippen molar-refractivity contribution >= 4 is 12.0 Å². The highest BCUT2D eigenvalue weighted by atomic mass is 16.6. The first-order chi connectivity index (χ1) is 12.4. The van der Waals surface area contributed by atoms with Crippen molar-refractivity contribution in [2.24, 2.45) is 0 Å². The maximum atomic E-state index is 12.7. The maximum absolute atomic E-state index is 12.7. The van der Waals surface area contributed by atoms with E-state index in [1.807, 2.05) is 58.0 Å². The first-order valence-electron chi connectivity index (χ1n) is 9.33. The molecule has 0 unspecified atom stereocenters. The molecule has 6 nitrogen and oxygen atoms in total. The minimum atomic E-state index is -0.836. The molecular formula is C21H34N2O4. The molecule has 27 heavy (non-hydrogen) atoms. The van der Waals surface area contributed by atoms with Crippen LogP contribution in [0.15, 0.2) is 30.3 Å². The van der Waals surface area contributed by atoms with Crippen LogP contribution >= 0.6 is 0 Å². The van der Waals surface area contributed by atoms with E-state index < -0.39 is 23.3 Å². The van der Waals surface area contributed by atoms with Gasteiger partial charge < -0.3 is 20.1 Å². The summed E-state index contributed by atoms with van der Waals surface area (Å²) in [5.41, 5.74) is 0.0633. The van der Waals surface area contributed by atoms with Crippen LogP contribution in [0.1, 0.15) is 54.0 Å². The summed E-state index contributed by atoms with van der Waals surface area (Å²) in [5, 5.41) is 5.56. The zero-order valence-electron chi connectivity index (χ0n) is 17.6. The van der Waals surface area contributed by atoms with Crippen LogP contribution in [-0.2, 0) is 20.7 Å². The number of alkyl carbamates (subject to hydrolysis) is 1. The Kier molecular flexibility index (Phi) is 8.28. The number of rotatable bonds is 7. The topological polar surface area (TPSA) is 76.7 Å². The van der Waals surface area contributed by atoms with Gasteiger partial charge in [-0.15, -0.1) is 0 Å². The number of carbonyl (C=O) groups excluding carboxylic acids is 2. The van der Waals surface area contributed by atoms with E-state index in [4.69, 9.17) is 9.47 Å². The van der Waals surface area contributed by atoms with Crippen molar-refractivity contribution in [1.29, 1.82) is 0 Å². The Morgan fingerprint density at radius 1 is 0.963 bits per heavy atom. The molecule has 0 aliphatic carbocycles. The summed E-state index contributed by atoms with van der Waals surface area (Å²) < 4.78 is 11.0. The fourth-order valence-corrected chi connectivity index (χ4v) is 2.33. The average Bonchev–Trinajstić information content (AvgIpc) is 2.49. The van der Waals surface area contributed by atoms with Crippen LogP contribution in [0.4, 0.5) is 4.79 Å². The quantitative estimate of drug-likeness (QED) is 0.762. The number of hydrogen-bond acceptors (Lipinski definition) is 4. The van der Waals surface area contributed by atoms with E-state index in [0.717, 1.165) is 5.56 Å². The van der Waals surface area contributed by atoms with E-state index >= 15 is 0 Å². The minimum Gasteiger partial charge on any atom is -0.444 e. The molecule has 0 spiro atoms. The minimum absolute atomic E-state index is 0.0621. The predicted molar refractivity (Wildman–Crippen MR) is 107 cm³/mol. The molecule has 0 bridgehead atoms. The summed E-state index contributed by atoms with van der Waals surface area (Å²) in [4.78, 5) is 24.8. The molecule has 0 radical (unpaired) electrons. The molecule has 0 aliphatic heterocycles. The molecule has 0 fully saturated rings. The first kappa shape index (κ1) is 23.0. The molecule has 0 aliphatic rings. The lowest BCUT2D eigenvalue weighted by atomic mass is 10.1. The van der Waals surface area contributed by atoms with Crippen LogP contribution in [0.2, 0.25) is 0 Å². The molecule has 2 amide bonds. The van der Waals surface area contributed by atoms with Gasteiger partial charge in [-0.25, -0.2) is 4.79 Å². The van der Waals surface area contributed by atoms with Crippen molar-refractivity contribution in [1.82, 2.24) is 10.6 Å². The van der Waals surface area contributed by atoms with E-state index in [1.54, 1.807) is 20.8 Å². The molecule has 2 N–H and O–H groups in total. The molecule has 6 heteroatoms. The van der Waals surface area contributed by atoms with Crippen LogP contribution in [0.25, 0.3) is 0 Å². The van der Waals surface area contributed by atoms with E-state index in [1.165, 1.54) is 0 Å². The second-order valence-electron chi connectivity index (χ2n) is 8.72. The molecule has 1 aromatic carbocycles. The number of ether oxygens (including phenoxy) is 2. The molecule has 0 saturated carbocycles. The van der Waals surface area contributed by atoms with Crippen molar-refractivity contribution in [3.63, 3.8) is 0 Å². The third-order valence-electron chi connectivity index (χ3n) is 3.46. The monoisotopic (exact) mass is 378 g/mol. The predicted octanol–water partition coefficient (Wildman–Crippen LogP) is 3.44. The van der Waals surface area contributed by atoms with Gasteiger partial charge in [-0.1, -0.05) is 30.3 Å². The lowest BCUT2D eigenvalue weighted by Crippen LogP contribution is -2.53. The normalized spacial score (nSPS) is 14.2. The molecule has 1 aromatic rings. The Morgan fingerprint density at radius 3 is 2.07 bits per heavy atom. The molecule has 2 atom stereocenters. The fraction of sp³-hybridized carbons (Fsp3) is 0.619. The highest BCUT2D eigenvalue weighted by Gasteiger charge is 2.27. The van der Waals surface area contributed by atoms with E-state index in [2.05, 4.69) is 10.6 Å². The summed E-state index contributed by atoms with van der Waals surface area (Å²) in [7, 11) is 0. The molecule has 152 valence electrons. The lowest BCUT2D eigenvalue weighted by molar-refractivity contribution is -0.127. The van der Waals surface area contributed by atoms with Gasteiger partial charge in [0.2, 0.25) is 5.91 Å². The summed E-state index contributed by atoms with van der Waals surface area (Å²) in [6.45, 7) is 13.0. The Labute approximate surface area is 163 Å². The first-order valence-corrected chi connectivity index (χ1v) is 9.33. The number of amides is 2. The van der Waals surface area contributed by atoms with Crippen LogP contribution in [-0.4, -0.2) is 41.9 Å². The Hall–Kier alpha value is -2.08. The zero-order valence-corrected chi connectivity index (χ0v) is 17.6. The van der Waals surface area contributed by atoms with Gasteiger partial charge in [0.1, 0.15) is 11.6 Å². The summed E-state index contributed by atoms with van der Waals surface area (Å²) >= 11 is 0. The number of carbonyl (C=O) groups is 2. The van der Waals surface area contributed by atoms with Gasteiger partial charge in [0, 0.05) is 6.04 Å². The van der Waals surface area contributed by atoms with Gasteiger partial charge >= 0.3 is 6.09 Å². The smallest absolute Gasteiger partial charge is 0.408 e. The number of benzene rings is 1. The van der Waals surface area contributed by atoms with E-state index in [-0.39, 0.29) is 18.6 Å². The van der Waals surface area contributed by atoms with Gasteiger partial charge in [-0.3, -0.25) is 4.79 Å². The summed E-state index contributed by atoms with van der Waals surface area (Å²) in [6.07, 6.45) is 0.0576. The zero-order chi connectivity index (χ0) is 20.7. The van der Waals surface area contributed by atoms with Gasteiger partial charge in [0.15, 0.2) is 0 Å². The summed E-state index contributed by atoms with van der Waals surface area (Å²) in [6, 6.07) is 9.00.